The third-order valence-corrected chi connectivity index (χ3v) is 3.17. The smallest absolute Gasteiger partial charge is 0.266 e. The molecule has 2 heterocycles. The van der Waals surface area contributed by atoms with Crippen LogP contribution in [-0.4, -0.2) is 28.4 Å². The predicted octanol–water partition coefficient (Wildman–Crippen LogP) is 1.55. The maximum atomic E-state index is 11.8. The lowest BCUT2D eigenvalue weighted by atomic mass is 10.1. The van der Waals surface area contributed by atoms with Crippen LogP contribution in [0.5, 0.6) is 0 Å². The van der Waals surface area contributed by atoms with Crippen LogP contribution in [0.4, 0.5) is 0 Å². The van der Waals surface area contributed by atoms with E-state index in [1.54, 1.807) is 5.51 Å². The molecule has 0 saturated carbocycles. The molecule has 1 aliphatic heterocycles. The molecule has 1 aromatic heterocycles. The second kappa shape index (κ2) is 3.10. The summed E-state index contributed by atoms with van der Waals surface area (Å²) >= 11 is 1.45. The van der Waals surface area contributed by atoms with Crippen LogP contribution in [0.15, 0.2) is 5.51 Å². The summed E-state index contributed by atoms with van der Waals surface area (Å²) in [4.78, 5) is 18.7. The number of rotatable bonds is 1. The summed E-state index contributed by atoms with van der Waals surface area (Å²) in [6.45, 7) is 4.90. The van der Waals surface area contributed by atoms with Crippen molar-refractivity contribution in [2.45, 2.75) is 26.3 Å². The van der Waals surface area contributed by atoms with E-state index in [-0.39, 0.29) is 5.91 Å². The van der Waals surface area contributed by atoms with Gasteiger partial charge in [0.05, 0.1) is 11.2 Å². The number of aromatic nitrogens is 1. The molecule has 0 spiro atoms. The SMILES string of the molecule is CC(C)N1CCc2ncsc2C1=O. The summed E-state index contributed by atoms with van der Waals surface area (Å²) < 4.78 is 0. The van der Waals surface area contributed by atoms with Gasteiger partial charge < -0.3 is 4.90 Å². The number of carbonyl (C=O) groups excluding carboxylic acids is 1. The van der Waals surface area contributed by atoms with Crippen molar-refractivity contribution in [3.8, 4) is 0 Å². The Labute approximate surface area is 81.4 Å². The summed E-state index contributed by atoms with van der Waals surface area (Å²) in [6.07, 6.45) is 0.906. The highest BCUT2D eigenvalue weighted by Gasteiger charge is 2.27. The van der Waals surface area contributed by atoms with Gasteiger partial charge in [-0.25, -0.2) is 4.98 Å². The molecular formula is C9H12N2OS. The van der Waals surface area contributed by atoms with Gasteiger partial charge in [-0.2, -0.15) is 0 Å². The number of hydrogen-bond donors (Lipinski definition) is 0. The van der Waals surface area contributed by atoms with Crippen LogP contribution in [0.2, 0.25) is 0 Å². The Balaban J connectivity index is 2.32. The van der Waals surface area contributed by atoms with Gasteiger partial charge in [0.1, 0.15) is 4.88 Å². The molecule has 0 atom stereocenters. The van der Waals surface area contributed by atoms with Crippen molar-refractivity contribution in [1.82, 2.24) is 9.88 Å². The molecular weight excluding hydrogens is 184 g/mol. The Morgan fingerprint density at radius 2 is 2.38 bits per heavy atom. The second-order valence-electron chi connectivity index (χ2n) is 3.47. The molecule has 0 unspecified atom stereocenters. The number of nitrogens with zero attached hydrogens (tertiary/aromatic N) is 2. The summed E-state index contributed by atoms with van der Waals surface area (Å²) in [5, 5.41) is 0. The molecule has 0 radical (unpaired) electrons. The molecule has 4 heteroatoms. The molecule has 1 amide bonds. The van der Waals surface area contributed by atoms with E-state index < -0.39 is 0 Å². The Hall–Kier alpha value is -0.900. The van der Waals surface area contributed by atoms with E-state index in [9.17, 15) is 4.79 Å². The van der Waals surface area contributed by atoms with Crippen LogP contribution in [0, 0.1) is 0 Å². The average Bonchev–Trinajstić information content (AvgIpc) is 2.52. The minimum absolute atomic E-state index is 0.152. The second-order valence-corrected chi connectivity index (χ2v) is 4.33. The number of hydrogen-bond acceptors (Lipinski definition) is 3. The number of amides is 1. The number of carbonyl (C=O) groups is 1. The van der Waals surface area contributed by atoms with Gasteiger partial charge in [0.2, 0.25) is 0 Å². The lowest BCUT2D eigenvalue weighted by molar-refractivity contribution is 0.0693. The fraction of sp³-hybridized carbons (Fsp3) is 0.556. The topological polar surface area (TPSA) is 33.2 Å². The van der Waals surface area contributed by atoms with Gasteiger partial charge in [0.15, 0.2) is 0 Å². The van der Waals surface area contributed by atoms with Crippen LogP contribution < -0.4 is 0 Å². The largest absolute Gasteiger partial charge is 0.335 e. The Bertz CT molecular complexity index is 332. The molecule has 2 rings (SSSR count). The van der Waals surface area contributed by atoms with Gasteiger partial charge in [-0.3, -0.25) is 4.79 Å². The summed E-state index contributed by atoms with van der Waals surface area (Å²) in [7, 11) is 0. The van der Waals surface area contributed by atoms with Crippen LogP contribution >= 0.6 is 11.3 Å². The lowest BCUT2D eigenvalue weighted by Gasteiger charge is -2.29. The minimum atomic E-state index is 0.152. The van der Waals surface area contributed by atoms with Crippen molar-refractivity contribution < 1.29 is 4.79 Å². The molecule has 0 bridgehead atoms. The normalized spacial score (nSPS) is 16.5. The molecule has 0 N–H and O–H groups in total. The third-order valence-electron chi connectivity index (χ3n) is 2.31. The van der Waals surface area contributed by atoms with E-state index in [4.69, 9.17) is 0 Å². The molecule has 0 saturated heterocycles. The highest BCUT2D eigenvalue weighted by molar-refractivity contribution is 7.11. The van der Waals surface area contributed by atoms with Crippen LogP contribution in [-0.2, 0) is 6.42 Å². The maximum Gasteiger partial charge on any atom is 0.266 e. The fourth-order valence-corrected chi connectivity index (χ4v) is 2.37. The lowest BCUT2D eigenvalue weighted by Crippen LogP contribution is -2.41. The first-order valence-corrected chi connectivity index (χ1v) is 5.31. The number of thiazole rings is 1. The molecule has 0 aromatic carbocycles. The van der Waals surface area contributed by atoms with Crippen molar-refractivity contribution in [3.63, 3.8) is 0 Å². The van der Waals surface area contributed by atoms with E-state index >= 15 is 0 Å². The number of fused-ring (bicyclic) bond motifs is 1. The minimum Gasteiger partial charge on any atom is -0.335 e. The molecule has 0 aliphatic carbocycles. The molecule has 3 nitrogen and oxygen atoms in total. The van der Waals surface area contributed by atoms with Crippen molar-refractivity contribution >= 4 is 17.2 Å². The van der Waals surface area contributed by atoms with Crippen LogP contribution in [0.1, 0.15) is 29.2 Å². The molecule has 70 valence electrons. The highest BCUT2D eigenvalue weighted by atomic mass is 32.1. The van der Waals surface area contributed by atoms with Crippen molar-refractivity contribution in [3.05, 3.63) is 16.1 Å². The average molecular weight is 196 g/mol. The Morgan fingerprint density at radius 1 is 1.62 bits per heavy atom. The van der Waals surface area contributed by atoms with Gasteiger partial charge >= 0.3 is 0 Å². The Kier molecular flexibility index (Phi) is 2.07. The predicted molar refractivity (Wildman–Crippen MR) is 52.0 cm³/mol. The molecule has 0 fully saturated rings. The van der Waals surface area contributed by atoms with E-state index in [2.05, 4.69) is 4.98 Å². The van der Waals surface area contributed by atoms with Gasteiger partial charge in [-0.15, -0.1) is 11.3 Å². The molecule has 1 aliphatic rings. The third kappa shape index (κ3) is 1.35. The van der Waals surface area contributed by atoms with Crippen LogP contribution in [0.3, 0.4) is 0 Å². The van der Waals surface area contributed by atoms with Crippen molar-refractivity contribution in [1.29, 1.82) is 0 Å². The molecule has 1 aromatic rings. The zero-order valence-electron chi connectivity index (χ0n) is 7.78. The van der Waals surface area contributed by atoms with Gasteiger partial charge in [0.25, 0.3) is 5.91 Å². The summed E-state index contributed by atoms with van der Waals surface area (Å²) in [5.41, 5.74) is 2.73. The first kappa shape index (κ1) is 8.69. The quantitative estimate of drug-likeness (QED) is 0.682. The first-order valence-electron chi connectivity index (χ1n) is 4.43. The van der Waals surface area contributed by atoms with Crippen molar-refractivity contribution in [2.24, 2.45) is 0 Å². The standard InChI is InChI=1S/C9H12N2OS/c1-6(2)11-4-3-7-8(9(11)12)13-5-10-7/h5-6H,3-4H2,1-2H3. The monoisotopic (exact) mass is 196 g/mol. The van der Waals surface area contributed by atoms with E-state index in [0.29, 0.717) is 6.04 Å². The fourth-order valence-electron chi connectivity index (χ4n) is 1.57. The van der Waals surface area contributed by atoms with Crippen molar-refractivity contribution in [2.75, 3.05) is 6.54 Å². The Morgan fingerprint density at radius 3 is 3.08 bits per heavy atom. The summed E-state index contributed by atoms with van der Waals surface area (Å²) in [5.74, 6) is 0.152. The van der Waals surface area contributed by atoms with Gasteiger partial charge in [0, 0.05) is 19.0 Å². The highest BCUT2D eigenvalue weighted by Crippen LogP contribution is 2.22. The van der Waals surface area contributed by atoms with Gasteiger partial charge in [-0.05, 0) is 13.8 Å². The van der Waals surface area contributed by atoms with Gasteiger partial charge in [-0.1, -0.05) is 0 Å². The van der Waals surface area contributed by atoms with Crippen LogP contribution in [0.25, 0.3) is 0 Å². The first-order chi connectivity index (χ1) is 6.20. The van der Waals surface area contributed by atoms with E-state index in [0.717, 1.165) is 23.5 Å². The summed E-state index contributed by atoms with van der Waals surface area (Å²) in [6, 6.07) is 0.294. The maximum absolute atomic E-state index is 11.8. The zero-order chi connectivity index (χ0) is 9.42. The van der Waals surface area contributed by atoms with E-state index in [1.165, 1.54) is 11.3 Å². The molecule has 13 heavy (non-hydrogen) atoms. The van der Waals surface area contributed by atoms with E-state index in [1.807, 2.05) is 18.7 Å². The zero-order valence-corrected chi connectivity index (χ0v) is 8.60.